The second-order valence-corrected chi connectivity index (χ2v) is 12.4. The fourth-order valence-electron chi connectivity index (χ4n) is 4.58. The van der Waals surface area contributed by atoms with E-state index in [4.69, 9.17) is 21.3 Å². The summed E-state index contributed by atoms with van der Waals surface area (Å²) in [6, 6.07) is 18.8. The van der Waals surface area contributed by atoms with Gasteiger partial charge in [0.15, 0.2) is 5.13 Å². The molecule has 38 heavy (non-hydrogen) atoms. The number of hydrogen-bond acceptors (Lipinski definition) is 6. The molecule has 1 aliphatic rings. The Kier molecular flexibility index (Phi) is 7.72. The van der Waals surface area contributed by atoms with Gasteiger partial charge >= 0.3 is 0 Å². The average Bonchev–Trinajstić information content (AvgIpc) is 3.61. The van der Waals surface area contributed by atoms with Crippen molar-refractivity contribution in [3.05, 3.63) is 82.9 Å². The molecule has 1 saturated heterocycles. The average molecular weight is 570 g/mol. The standard InChI is InChI=1S/C28H28ClN3O4S2/c1-3-32(21-8-5-4-6-9-21)38(34,35)23-14-12-20(13-15-23)27(33)31(18-22-10-7-17-36-22)28-30-25-19(2)11-16-24(29)26(25)37-28/h4-6,8-9,11-16,22H,3,7,10,17-18H2,1-2H3. The second kappa shape index (κ2) is 11.0. The molecular formula is C28H28ClN3O4S2. The zero-order valence-electron chi connectivity index (χ0n) is 21.1. The second-order valence-electron chi connectivity index (χ2n) is 9.12. The van der Waals surface area contributed by atoms with E-state index in [0.717, 1.165) is 28.6 Å². The number of aryl methyl sites for hydroxylation is 1. The summed E-state index contributed by atoms with van der Waals surface area (Å²) in [6.45, 7) is 5.05. The Balaban J connectivity index is 1.47. The van der Waals surface area contributed by atoms with Gasteiger partial charge in [-0.2, -0.15) is 0 Å². The first-order valence-corrected chi connectivity index (χ1v) is 15.1. The summed E-state index contributed by atoms with van der Waals surface area (Å²) < 4.78 is 34.8. The minimum Gasteiger partial charge on any atom is -0.376 e. The topological polar surface area (TPSA) is 79.8 Å². The van der Waals surface area contributed by atoms with Gasteiger partial charge in [0.05, 0.1) is 38.5 Å². The van der Waals surface area contributed by atoms with Crippen LogP contribution in [0.1, 0.15) is 35.7 Å². The third-order valence-corrected chi connectivity index (χ3v) is 10.0. The van der Waals surface area contributed by atoms with Crippen LogP contribution in [-0.2, 0) is 14.8 Å². The first-order valence-electron chi connectivity index (χ1n) is 12.5. The molecule has 4 aromatic rings. The largest absolute Gasteiger partial charge is 0.376 e. The fourth-order valence-corrected chi connectivity index (χ4v) is 7.38. The highest BCUT2D eigenvalue weighted by Crippen LogP contribution is 2.36. The molecule has 0 aliphatic carbocycles. The fraction of sp³-hybridized carbons (Fsp3) is 0.286. The van der Waals surface area contributed by atoms with Gasteiger partial charge in [-0.25, -0.2) is 13.4 Å². The highest BCUT2D eigenvalue weighted by atomic mass is 35.5. The number of benzene rings is 3. The molecule has 10 heteroatoms. The van der Waals surface area contributed by atoms with Gasteiger partial charge in [-0.05, 0) is 74.7 Å². The maximum absolute atomic E-state index is 13.8. The molecule has 1 amide bonds. The molecule has 7 nitrogen and oxygen atoms in total. The van der Waals surface area contributed by atoms with Crippen molar-refractivity contribution in [3.8, 4) is 0 Å². The van der Waals surface area contributed by atoms with Crippen LogP contribution in [0.3, 0.4) is 0 Å². The molecule has 5 rings (SSSR count). The van der Waals surface area contributed by atoms with Crippen LogP contribution >= 0.6 is 22.9 Å². The van der Waals surface area contributed by atoms with Gasteiger partial charge in [-0.15, -0.1) is 0 Å². The Hall–Kier alpha value is -2.98. The van der Waals surface area contributed by atoms with Crippen LogP contribution in [0.25, 0.3) is 10.2 Å². The first kappa shape index (κ1) is 26.6. The number of hydrogen-bond donors (Lipinski definition) is 0. The quantitative estimate of drug-likeness (QED) is 0.249. The Morgan fingerprint density at radius 3 is 2.47 bits per heavy atom. The number of anilines is 2. The summed E-state index contributed by atoms with van der Waals surface area (Å²) in [7, 11) is -3.80. The summed E-state index contributed by atoms with van der Waals surface area (Å²) in [5, 5.41) is 1.13. The van der Waals surface area contributed by atoms with Gasteiger partial charge in [-0.1, -0.05) is 47.2 Å². The minimum absolute atomic E-state index is 0.0915. The number of fused-ring (bicyclic) bond motifs is 1. The van der Waals surface area contributed by atoms with Crippen molar-refractivity contribution in [2.45, 2.75) is 37.7 Å². The Bertz CT molecular complexity index is 1510. The van der Waals surface area contributed by atoms with Crippen LogP contribution in [0.15, 0.2) is 71.6 Å². The van der Waals surface area contributed by atoms with Crippen molar-refractivity contribution in [2.75, 3.05) is 28.9 Å². The zero-order chi connectivity index (χ0) is 26.9. The Morgan fingerprint density at radius 2 is 1.84 bits per heavy atom. The summed E-state index contributed by atoms with van der Waals surface area (Å²) in [6.07, 6.45) is 1.71. The number of para-hydroxylation sites is 1. The van der Waals surface area contributed by atoms with Gasteiger partial charge in [0, 0.05) is 18.7 Å². The number of sulfonamides is 1. The van der Waals surface area contributed by atoms with Gasteiger partial charge in [0.1, 0.15) is 0 Å². The molecule has 2 heterocycles. The van der Waals surface area contributed by atoms with Gasteiger partial charge in [-0.3, -0.25) is 14.0 Å². The van der Waals surface area contributed by atoms with Crippen LogP contribution in [0.4, 0.5) is 10.8 Å². The number of amides is 1. The zero-order valence-corrected chi connectivity index (χ0v) is 23.5. The molecule has 198 valence electrons. The maximum atomic E-state index is 13.8. The van der Waals surface area contributed by atoms with E-state index in [2.05, 4.69) is 0 Å². The number of nitrogens with zero attached hydrogens (tertiary/aromatic N) is 3. The lowest BCUT2D eigenvalue weighted by atomic mass is 10.2. The Labute approximate surface area is 231 Å². The number of ether oxygens (including phenoxy) is 1. The van der Waals surface area contributed by atoms with Crippen LogP contribution in [0, 0.1) is 6.92 Å². The monoisotopic (exact) mass is 569 g/mol. The van der Waals surface area contributed by atoms with E-state index >= 15 is 0 Å². The van der Waals surface area contributed by atoms with Crippen molar-refractivity contribution in [3.63, 3.8) is 0 Å². The van der Waals surface area contributed by atoms with E-state index in [1.165, 1.54) is 27.8 Å². The molecular weight excluding hydrogens is 542 g/mol. The van der Waals surface area contributed by atoms with Crippen molar-refractivity contribution in [2.24, 2.45) is 0 Å². The molecule has 0 N–H and O–H groups in total. The number of rotatable bonds is 8. The number of carbonyl (C=O) groups excluding carboxylic acids is 1. The molecule has 1 fully saturated rings. The Morgan fingerprint density at radius 1 is 1.11 bits per heavy atom. The minimum atomic E-state index is -3.80. The van der Waals surface area contributed by atoms with E-state index in [1.807, 2.05) is 25.1 Å². The molecule has 0 radical (unpaired) electrons. The van der Waals surface area contributed by atoms with E-state index in [0.29, 0.717) is 34.6 Å². The molecule has 0 saturated carbocycles. The smallest absolute Gasteiger partial charge is 0.264 e. The molecule has 1 aliphatic heterocycles. The van der Waals surface area contributed by atoms with Crippen LogP contribution in [0.2, 0.25) is 5.02 Å². The predicted molar refractivity (Wildman–Crippen MR) is 153 cm³/mol. The number of halogens is 1. The molecule has 1 aromatic heterocycles. The summed E-state index contributed by atoms with van der Waals surface area (Å²) in [5.41, 5.74) is 2.70. The van der Waals surface area contributed by atoms with E-state index in [1.54, 1.807) is 48.2 Å². The summed E-state index contributed by atoms with van der Waals surface area (Å²) >= 11 is 7.81. The summed E-state index contributed by atoms with van der Waals surface area (Å²) in [5.74, 6) is -0.271. The SMILES string of the molecule is CCN(c1ccccc1)S(=O)(=O)c1ccc(C(=O)N(CC2CCCO2)c2nc3c(C)ccc(Cl)c3s2)cc1. The van der Waals surface area contributed by atoms with Crippen molar-refractivity contribution in [1.82, 2.24) is 4.98 Å². The molecule has 0 bridgehead atoms. The third-order valence-electron chi connectivity index (χ3n) is 6.59. The maximum Gasteiger partial charge on any atom is 0.264 e. The third kappa shape index (κ3) is 5.16. The molecule has 1 atom stereocenters. The molecule has 1 unspecified atom stereocenters. The normalized spacial score (nSPS) is 15.6. The predicted octanol–water partition coefficient (Wildman–Crippen LogP) is 6.30. The first-order chi connectivity index (χ1) is 18.3. The van der Waals surface area contributed by atoms with Crippen molar-refractivity contribution >= 4 is 59.9 Å². The van der Waals surface area contributed by atoms with E-state index in [-0.39, 0.29) is 23.5 Å². The van der Waals surface area contributed by atoms with Gasteiger partial charge < -0.3 is 4.74 Å². The van der Waals surface area contributed by atoms with E-state index < -0.39 is 10.0 Å². The highest BCUT2D eigenvalue weighted by Gasteiger charge is 2.29. The lowest BCUT2D eigenvalue weighted by Crippen LogP contribution is -2.37. The van der Waals surface area contributed by atoms with E-state index in [9.17, 15) is 13.2 Å². The van der Waals surface area contributed by atoms with Crippen LogP contribution in [-0.4, -0.2) is 45.1 Å². The highest BCUT2D eigenvalue weighted by molar-refractivity contribution is 7.92. The lowest BCUT2D eigenvalue weighted by Gasteiger charge is -2.24. The summed E-state index contributed by atoms with van der Waals surface area (Å²) in [4.78, 5) is 20.3. The lowest BCUT2D eigenvalue weighted by molar-refractivity contribution is 0.0917. The van der Waals surface area contributed by atoms with Crippen LogP contribution < -0.4 is 9.21 Å². The molecule has 3 aromatic carbocycles. The number of aromatic nitrogens is 1. The van der Waals surface area contributed by atoms with Gasteiger partial charge in [0.25, 0.3) is 15.9 Å². The number of thiazole rings is 1. The van der Waals surface area contributed by atoms with Crippen molar-refractivity contribution < 1.29 is 17.9 Å². The number of carbonyl (C=O) groups is 1. The molecule has 0 spiro atoms. The van der Waals surface area contributed by atoms with Crippen molar-refractivity contribution in [1.29, 1.82) is 0 Å². The van der Waals surface area contributed by atoms with Gasteiger partial charge in [0.2, 0.25) is 0 Å². The van der Waals surface area contributed by atoms with Crippen LogP contribution in [0.5, 0.6) is 0 Å².